The normalized spacial score (nSPS) is 14.3. The molecule has 6 nitrogen and oxygen atoms in total. The number of rotatable bonds is 6. The topological polar surface area (TPSA) is 77.2 Å². The van der Waals surface area contributed by atoms with Crippen molar-refractivity contribution < 1.29 is 9.84 Å². The van der Waals surface area contributed by atoms with Gasteiger partial charge in [0.05, 0.1) is 34.8 Å². The largest absolute Gasteiger partial charge is 0.493 e. The summed E-state index contributed by atoms with van der Waals surface area (Å²) < 4.78 is 8.70. The van der Waals surface area contributed by atoms with Gasteiger partial charge in [-0.25, -0.2) is 0 Å². The third-order valence-corrected chi connectivity index (χ3v) is 7.03. The lowest BCUT2D eigenvalue weighted by molar-refractivity contribution is 0.121. The van der Waals surface area contributed by atoms with Crippen molar-refractivity contribution in [2.45, 2.75) is 44.8 Å². The number of hydrogen-bond acceptors (Lipinski definition) is 6. The molecule has 3 aromatic heterocycles. The summed E-state index contributed by atoms with van der Waals surface area (Å²) in [5, 5.41) is 13.0. The average Bonchev–Trinajstić information content (AvgIpc) is 3.45. The van der Waals surface area contributed by atoms with E-state index in [4.69, 9.17) is 4.74 Å². The zero-order valence-electron chi connectivity index (χ0n) is 18.1. The third kappa shape index (κ3) is 3.82. The molecule has 164 valence electrons. The van der Waals surface area contributed by atoms with E-state index >= 15 is 0 Å². The van der Waals surface area contributed by atoms with Crippen LogP contribution in [0.2, 0.25) is 0 Å². The third-order valence-electron chi connectivity index (χ3n) is 6.11. The first-order valence-electron chi connectivity index (χ1n) is 10.7. The van der Waals surface area contributed by atoms with E-state index in [-0.39, 0.29) is 10.8 Å². The van der Waals surface area contributed by atoms with Crippen LogP contribution in [0.25, 0.3) is 21.5 Å². The molecule has 0 spiro atoms. The van der Waals surface area contributed by atoms with E-state index in [0.29, 0.717) is 19.6 Å². The molecule has 4 aromatic rings. The standard InChI is InChI=1S/C25H25N3O3S/c1-25(2,13-18(29)15-28-8-3-22(30)24-21(28)5-10-32-24)19-12-17(20-14-26-6-7-27-20)11-16-4-9-31-23(16)19/h3,5-8,10-12,14,18,29H,4,9,13,15H2,1-2H3. The maximum absolute atomic E-state index is 12.1. The number of pyridine rings is 1. The Morgan fingerprint density at radius 1 is 1.28 bits per heavy atom. The summed E-state index contributed by atoms with van der Waals surface area (Å²) in [6, 6.07) is 7.76. The minimum Gasteiger partial charge on any atom is -0.493 e. The lowest BCUT2D eigenvalue weighted by atomic mass is 9.77. The Morgan fingerprint density at radius 3 is 2.97 bits per heavy atom. The van der Waals surface area contributed by atoms with Gasteiger partial charge in [0.2, 0.25) is 0 Å². The van der Waals surface area contributed by atoms with Gasteiger partial charge in [0.25, 0.3) is 0 Å². The van der Waals surface area contributed by atoms with Crippen molar-refractivity contribution in [3.05, 3.63) is 75.8 Å². The van der Waals surface area contributed by atoms with Gasteiger partial charge in [-0.3, -0.25) is 14.8 Å². The van der Waals surface area contributed by atoms with Gasteiger partial charge < -0.3 is 14.4 Å². The van der Waals surface area contributed by atoms with E-state index in [1.807, 2.05) is 16.0 Å². The van der Waals surface area contributed by atoms with Crippen LogP contribution in [0, 0.1) is 0 Å². The minimum atomic E-state index is -0.590. The van der Waals surface area contributed by atoms with Crippen molar-refractivity contribution in [3.8, 4) is 17.0 Å². The first-order valence-corrected chi connectivity index (χ1v) is 11.6. The summed E-state index contributed by atoms with van der Waals surface area (Å²) in [6.07, 6.45) is 7.72. The second-order valence-electron chi connectivity index (χ2n) is 8.91. The number of nitrogens with zero attached hydrogens (tertiary/aromatic N) is 3. The van der Waals surface area contributed by atoms with Crippen LogP contribution in [0.3, 0.4) is 0 Å². The highest BCUT2D eigenvalue weighted by atomic mass is 32.1. The van der Waals surface area contributed by atoms with Crippen LogP contribution in [-0.2, 0) is 18.4 Å². The van der Waals surface area contributed by atoms with E-state index in [2.05, 4.69) is 35.9 Å². The summed E-state index contributed by atoms with van der Waals surface area (Å²) in [7, 11) is 0. The smallest absolute Gasteiger partial charge is 0.199 e. The molecule has 1 unspecified atom stereocenters. The minimum absolute atomic E-state index is 0.0228. The van der Waals surface area contributed by atoms with E-state index in [9.17, 15) is 9.90 Å². The number of benzene rings is 1. The molecule has 5 rings (SSSR count). The molecule has 32 heavy (non-hydrogen) atoms. The van der Waals surface area contributed by atoms with Crippen LogP contribution in [0.15, 0.2) is 59.2 Å². The van der Waals surface area contributed by atoms with Crippen molar-refractivity contribution in [1.82, 2.24) is 14.5 Å². The van der Waals surface area contributed by atoms with Crippen LogP contribution < -0.4 is 10.2 Å². The second kappa shape index (κ2) is 8.15. The zero-order chi connectivity index (χ0) is 22.3. The number of ether oxygens (including phenoxy) is 1. The highest BCUT2D eigenvalue weighted by Gasteiger charge is 2.31. The second-order valence-corrected chi connectivity index (χ2v) is 9.83. The molecule has 0 bridgehead atoms. The predicted octanol–water partition coefficient (Wildman–Crippen LogP) is 4.18. The van der Waals surface area contributed by atoms with Gasteiger partial charge in [-0.05, 0) is 41.0 Å². The lowest BCUT2D eigenvalue weighted by Crippen LogP contribution is -2.28. The van der Waals surface area contributed by atoms with Crippen LogP contribution in [0.1, 0.15) is 31.4 Å². The summed E-state index contributed by atoms with van der Waals surface area (Å²) in [5.74, 6) is 0.929. The first-order chi connectivity index (χ1) is 15.4. The van der Waals surface area contributed by atoms with Crippen LogP contribution in [0.5, 0.6) is 5.75 Å². The molecule has 0 aliphatic carbocycles. The Balaban J connectivity index is 1.45. The Hall–Kier alpha value is -3.03. The molecule has 0 radical (unpaired) electrons. The summed E-state index contributed by atoms with van der Waals surface area (Å²) >= 11 is 1.44. The molecule has 0 saturated carbocycles. The molecule has 7 heteroatoms. The SMILES string of the molecule is CC(C)(CC(O)Cn1ccc(=O)c2sccc21)c1cc(-c2cnccn2)cc2c1OCC2. The highest BCUT2D eigenvalue weighted by Crippen LogP contribution is 2.42. The van der Waals surface area contributed by atoms with Gasteiger partial charge in [0.15, 0.2) is 5.43 Å². The fourth-order valence-corrected chi connectivity index (χ4v) is 5.41. The Kier molecular flexibility index (Phi) is 5.31. The van der Waals surface area contributed by atoms with Crippen molar-refractivity contribution in [2.75, 3.05) is 6.61 Å². The molecule has 1 N–H and O–H groups in total. The summed E-state index contributed by atoms with van der Waals surface area (Å²) in [5.41, 5.74) is 4.65. The molecule has 0 amide bonds. The summed E-state index contributed by atoms with van der Waals surface area (Å²) in [6.45, 7) is 5.36. The molecule has 0 saturated heterocycles. The van der Waals surface area contributed by atoms with Crippen LogP contribution in [0.4, 0.5) is 0 Å². The maximum atomic E-state index is 12.1. The van der Waals surface area contributed by atoms with Crippen molar-refractivity contribution in [1.29, 1.82) is 0 Å². The number of aliphatic hydroxyl groups excluding tert-OH is 1. The lowest BCUT2D eigenvalue weighted by Gasteiger charge is -2.30. The fraction of sp³-hybridized carbons (Fsp3) is 0.320. The number of thiophene rings is 1. The molecular weight excluding hydrogens is 422 g/mol. The van der Waals surface area contributed by atoms with Gasteiger partial charge in [-0.1, -0.05) is 13.8 Å². The van der Waals surface area contributed by atoms with E-state index in [1.54, 1.807) is 30.9 Å². The quantitative estimate of drug-likeness (QED) is 0.480. The number of fused-ring (bicyclic) bond motifs is 2. The van der Waals surface area contributed by atoms with E-state index in [1.165, 1.54) is 16.9 Å². The number of aromatic nitrogens is 3. The monoisotopic (exact) mass is 447 g/mol. The highest BCUT2D eigenvalue weighted by molar-refractivity contribution is 7.17. The molecule has 1 aliphatic heterocycles. The molecule has 0 fully saturated rings. The summed E-state index contributed by atoms with van der Waals surface area (Å²) in [4.78, 5) is 20.7. The average molecular weight is 448 g/mol. The van der Waals surface area contributed by atoms with Crippen LogP contribution >= 0.6 is 11.3 Å². The molecule has 1 aliphatic rings. The Labute approximate surface area is 190 Å². The van der Waals surface area contributed by atoms with Crippen LogP contribution in [-0.4, -0.2) is 32.4 Å². The first kappa shape index (κ1) is 20.8. The molecular formula is C25H25N3O3S. The van der Waals surface area contributed by atoms with Crippen molar-refractivity contribution in [2.24, 2.45) is 0 Å². The van der Waals surface area contributed by atoms with E-state index in [0.717, 1.165) is 39.2 Å². The van der Waals surface area contributed by atoms with Gasteiger partial charge in [0, 0.05) is 48.7 Å². The maximum Gasteiger partial charge on any atom is 0.199 e. The van der Waals surface area contributed by atoms with E-state index < -0.39 is 6.10 Å². The molecule has 4 heterocycles. The van der Waals surface area contributed by atoms with Crippen molar-refractivity contribution in [3.63, 3.8) is 0 Å². The Morgan fingerprint density at radius 2 is 2.16 bits per heavy atom. The zero-order valence-corrected chi connectivity index (χ0v) is 18.9. The number of hydrogen-bond donors (Lipinski definition) is 1. The fourth-order valence-electron chi connectivity index (χ4n) is 4.58. The number of aliphatic hydroxyl groups is 1. The molecule has 1 atom stereocenters. The molecule has 1 aromatic carbocycles. The van der Waals surface area contributed by atoms with Crippen molar-refractivity contribution >= 4 is 21.6 Å². The predicted molar refractivity (Wildman–Crippen MR) is 126 cm³/mol. The Bertz CT molecular complexity index is 1330. The van der Waals surface area contributed by atoms with Gasteiger partial charge in [-0.2, -0.15) is 0 Å². The van der Waals surface area contributed by atoms with Gasteiger partial charge in [-0.15, -0.1) is 11.3 Å². The van der Waals surface area contributed by atoms with Gasteiger partial charge in [0.1, 0.15) is 5.75 Å². The van der Waals surface area contributed by atoms with Gasteiger partial charge >= 0.3 is 0 Å².